The van der Waals surface area contributed by atoms with Crippen LogP contribution in [0.3, 0.4) is 0 Å². The molecule has 6 heteroatoms. The van der Waals surface area contributed by atoms with Crippen LogP contribution in [0.4, 0.5) is 0 Å². The summed E-state index contributed by atoms with van der Waals surface area (Å²) in [6.07, 6.45) is 2.47. The highest BCUT2D eigenvalue weighted by atomic mass is 16.5. The highest BCUT2D eigenvalue weighted by molar-refractivity contribution is 5.97. The molecule has 0 atom stereocenters. The Morgan fingerprint density at radius 3 is 3.00 bits per heavy atom. The smallest absolute Gasteiger partial charge is 0.192 e. The van der Waals surface area contributed by atoms with Crippen molar-refractivity contribution in [3.8, 4) is 5.75 Å². The van der Waals surface area contributed by atoms with E-state index in [4.69, 9.17) is 15.7 Å². The maximum absolute atomic E-state index is 8.62. The van der Waals surface area contributed by atoms with Crippen molar-refractivity contribution in [2.45, 2.75) is 6.42 Å². The van der Waals surface area contributed by atoms with Gasteiger partial charge in [0, 0.05) is 12.7 Å². The van der Waals surface area contributed by atoms with Crippen molar-refractivity contribution in [1.29, 1.82) is 0 Å². The fourth-order valence-corrected chi connectivity index (χ4v) is 1.31. The van der Waals surface area contributed by atoms with Crippen molar-refractivity contribution >= 4 is 5.84 Å². The second kappa shape index (κ2) is 6.70. The first-order valence-corrected chi connectivity index (χ1v) is 5.35. The van der Waals surface area contributed by atoms with Crippen LogP contribution in [-0.2, 0) is 0 Å². The van der Waals surface area contributed by atoms with E-state index in [1.807, 2.05) is 14.1 Å². The lowest BCUT2D eigenvalue weighted by Crippen LogP contribution is -2.18. The first-order valence-electron chi connectivity index (χ1n) is 5.35. The Balaban J connectivity index is 2.58. The second-order valence-corrected chi connectivity index (χ2v) is 3.84. The minimum Gasteiger partial charge on any atom is -0.491 e. The first kappa shape index (κ1) is 13.2. The van der Waals surface area contributed by atoms with Crippen molar-refractivity contribution in [2.75, 3.05) is 27.2 Å². The van der Waals surface area contributed by atoms with Crippen molar-refractivity contribution < 1.29 is 9.94 Å². The molecular weight excluding hydrogens is 220 g/mol. The number of pyridine rings is 1. The predicted octanol–water partition coefficient (Wildman–Crippen LogP) is 0.507. The van der Waals surface area contributed by atoms with E-state index in [0.29, 0.717) is 18.1 Å². The van der Waals surface area contributed by atoms with Gasteiger partial charge in [-0.1, -0.05) is 5.16 Å². The molecule has 0 spiro atoms. The minimum atomic E-state index is -0.0480. The molecular formula is C11H18N4O2. The van der Waals surface area contributed by atoms with Gasteiger partial charge in [0.05, 0.1) is 6.61 Å². The Morgan fingerprint density at radius 2 is 2.35 bits per heavy atom. The number of nitrogens with two attached hydrogens (primary N) is 1. The number of amidine groups is 1. The van der Waals surface area contributed by atoms with Crippen LogP contribution < -0.4 is 10.5 Å². The van der Waals surface area contributed by atoms with Gasteiger partial charge in [-0.3, -0.25) is 0 Å². The fourth-order valence-electron chi connectivity index (χ4n) is 1.31. The molecule has 0 unspecified atom stereocenters. The summed E-state index contributed by atoms with van der Waals surface area (Å²) in [5.41, 5.74) is 5.86. The van der Waals surface area contributed by atoms with Gasteiger partial charge in [-0.15, -0.1) is 0 Å². The third kappa shape index (κ3) is 4.28. The van der Waals surface area contributed by atoms with E-state index in [1.54, 1.807) is 18.3 Å². The van der Waals surface area contributed by atoms with Gasteiger partial charge in [-0.05, 0) is 32.6 Å². The van der Waals surface area contributed by atoms with Gasteiger partial charge in [0.2, 0.25) is 0 Å². The summed E-state index contributed by atoms with van der Waals surface area (Å²) >= 11 is 0. The Labute approximate surface area is 101 Å². The lowest BCUT2D eigenvalue weighted by molar-refractivity contribution is 0.279. The van der Waals surface area contributed by atoms with Gasteiger partial charge >= 0.3 is 0 Å². The maximum Gasteiger partial charge on any atom is 0.192 e. The van der Waals surface area contributed by atoms with E-state index in [1.165, 1.54) is 0 Å². The quantitative estimate of drug-likeness (QED) is 0.248. The average molecular weight is 238 g/mol. The third-order valence-electron chi connectivity index (χ3n) is 2.13. The molecule has 0 aliphatic heterocycles. The molecule has 1 rings (SSSR count). The molecule has 3 N–H and O–H groups in total. The monoisotopic (exact) mass is 238 g/mol. The number of hydrogen-bond donors (Lipinski definition) is 2. The highest BCUT2D eigenvalue weighted by Gasteiger charge is 2.08. The van der Waals surface area contributed by atoms with Gasteiger partial charge in [0.15, 0.2) is 11.5 Å². The maximum atomic E-state index is 8.62. The SMILES string of the molecule is CN(C)CCCOc1cccnc1/C(N)=N/O. The molecule has 0 aliphatic carbocycles. The van der Waals surface area contributed by atoms with Crippen LogP contribution in [0.5, 0.6) is 5.75 Å². The minimum absolute atomic E-state index is 0.0480. The van der Waals surface area contributed by atoms with E-state index in [2.05, 4.69) is 15.0 Å². The van der Waals surface area contributed by atoms with Crippen LogP contribution in [0.15, 0.2) is 23.5 Å². The summed E-state index contributed by atoms with van der Waals surface area (Å²) in [5, 5.41) is 11.5. The van der Waals surface area contributed by atoms with E-state index < -0.39 is 0 Å². The van der Waals surface area contributed by atoms with Crippen molar-refractivity contribution in [3.05, 3.63) is 24.0 Å². The number of aromatic nitrogens is 1. The normalized spacial score (nSPS) is 11.8. The van der Waals surface area contributed by atoms with Gasteiger partial charge in [-0.2, -0.15) is 0 Å². The molecule has 17 heavy (non-hydrogen) atoms. The molecule has 1 heterocycles. The highest BCUT2D eigenvalue weighted by Crippen LogP contribution is 2.14. The third-order valence-corrected chi connectivity index (χ3v) is 2.13. The van der Waals surface area contributed by atoms with E-state index >= 15 is 0 Å². The number of nitrogens with zero attached hydrogens (tertiary/aromatic N) is 3. The Kier molecular flexibility index (Phi) is 5.22. The zero-order valence-corrected chi connectivity index (χ0v) is 10.1. The molecule has 0 saturated carbocycles. The first-order chi connectivity index (χ1) is 8.15. The Hall–Kier alpha value is -1.82. The summed E-state index contributed by atoms with van der Waals surface area (Å²) in [6.45, 7) is 1.51. The Bertz CT molecular complexity index is 379. The topological polar surface area (TPSA) is 84.0 Å². The summed E-state index contributed by atoms with van der Waals surface area (Å²) in [7, 11) is 4.01. The van der Waals surface area contributed by atoms with Crippen molar-refractivity contribution in [1.82, 2.24) is 9.88 Å². The molecule has 94 valence electrons. The van der Waals surface area contributed by atoms with Crippen LogP contribution in [0.25, 0.3) is 0 Å². The van der Waals surface area contributed by atoms with Crippen LogP contribution in [0.1, 0.15) is 12.1 Å². The van der Waals surface area contributed by atoms with Gasteiger partial charge < -0.3 is 20.6 Å². The van der Waals surface area contributed by atoms with Gasteiger partial charge in [0.25, 0.3) is 0 Å². The molecule has 0 amide bonds. The molecule has 0 bridgehead atoms. The zero-order valence-electron chi connectivity index (χ0n) is 10.1. The fraction of sp³-hybridized carbons (Fsp3) is 0.455. The van der Waals surface area contributed by atoms with E-state index in [9.17, 15) is 0 Å². The van der Waals surface area contributed by atoms with E-state index in [0.717, 1.165) is 13.0 Å². The number of hydrogen-bond acceptors (Lipinski definition) is 5. The molecule has 0 saturated heterocycles. The standard InChI is InChI=1S/C11H18N4O2/c1-15(2)7-4-8-17-9-5-3-6-13-10(9)11(12)14-16/h3,5-6,16H,4,7-8H2,1-2H3,(H2,12,14). The number of oxime groups is 1. The van der Waals surface area contributed by atoms with Crippen LogP contribution in [-0.4, -0.2) is 48.2 Å². The molecule has 0 radical (unpaired) electrons. The molecule has 1 aromatic rings. The van der Waals surface area contributed by atoms with Crippen LogP contribution in [0.2, 0.25) is 0 Å². The zero-order chi connectivity index (χ0) is 12.7. The molecule has 1 aromatic heterocycles. The Morgan fingerprint density at radius 1 is 1.59 bits per heavy atom. The average Bonchev–Trinajstić information content (AvgIpc) is 2.34. The largest absolute Gasteiger partial charge is 0.491 e. The van der Waals surface area contributed by atoms with Crippen molar-refractivity contribution in [3.63, 3.8) is 0 Å². The molecule has 6 nitrogen and oxygen atoms in total. The summed E-state index contributed by atoms with van der Waals surface area (Å²) in [6, 6.07) is 3.49. The van der Waals surface area contributed by atoms with Crippen molar-refractivity contribution in [2.24, 2.45) is 10.9 Å². The molecule has 0 fully saturated rings. The number of ether oxygens (including phenoxy) is 1. The molecule has 0 aromatic carbocycles. The summed E-state index contributed by atoms with van der Waals surface area (Å²) in [4.78, 5) is 6.09. The predicted molar refractivity (Wildman–Crippen MR) is 65.4 cm³/mol. The van der Waals surface area contributed by atoms with Crippen LogP contribution >= 0.6 is 0 Å². The number of rotatable bonds is 6. The van der Waals surface area contributed by atoms with Gasteiger partial charge in [-0.25, -0.2) is 4.98 Å². The van der Waals surface area contributed by atoms with Crippen LogP contribution in [0, 0.1) is 0 Å². The molecule has 0 aliphatic rings. The lowest BCUT2D eigenvalue weighted by Gasteiger charge is -2.11. The summed E-state index contributed by atoms with van der Waals surface area (Å²) in [5.74, 6) is 0.481. The van der Waals surface area contributed by atoms with E-state index in [-0.39, 0.29) is 5.84 Å². The second-order valence-electron chi connectivity index (χ2n) is 3.84. The lowest BCUT2D eigenvalue weighted by atomic mass is 10.3. The summed E-state index contributed by atoms with van der Waals surface area (Å²) < 4.78 is 5.55. The van der Waals surface area contributed by atoms with Gasteiger partial charge in [0.1, 0.15) is 5.75 Å².